The highest BCUT2D eigenvalue weighted by Crippen LogP contribution is 2.37. The van der Waals surface area contributed by atoms with Gasteiger partial charge in [-0.05, 0) is 38.4 Å². The van der Waals surface area contributed by atoms with Crippen molar-refractivity contribution < 1.29 is 22.9 Å². The molecule has 196 valence electrons. The highest BCUT2D eigenvalue weighted by molar-refractivity contribution is 7.15. The number of aromatic nitrogens is 2. The van der Waals surface area contributed by atoms with Gasteiger partial charge in [-0.3, -0.25) is 19.8 Å². The molecule has 2 fully saturated rings. The number of aryl methyl sites for hydroxylation is 1. The summed E-state index contributed by atoms with van der Waals surface area (Å²) in [4.78, 5) is 28.8. The van der Waals surface area contributed by atoms with E-state index in [4.69, 9.17) is 0 Å². The largest absolute Gasteiger partial charge is 0.423 e. The molecule has 0 aliphatic carbocycles. The quantitative estimate of drug-likeness (QED) is 0.411. The molecule has 1 aromatic carbocycles. The van der Waals surface area contributed by atoms with E-state index < -0.39 is 22.4 Å². The Labute approximate surface area is 210 Å². The molecule has 36 heavy (non-hydrogen) atoms. The van der Waals surface area contributed by atoms with Crippen molar-refractivity contribution in [2.75, 3.05) is 56.0 Å². The molecule has 2 aliphatic heterocycles. The first kappa shape index (κ1) is 26.1. The number of hydrogen-bond donors (Lipinski definition) is 1. The third kappa shape index (κ3) is 6.40. The maximum absolute atomic E-state index is 13.2. The zero-order valence-corrected chi connectivity index (χ0v) is 20.6. The van der Waals surface area contributed by atoms with Crippen molar-refractivity contribution in [1.82, 2.24) is 20.0 Å². The van der Waals surface area contributed by atoms with Crippen LogP contribution >= 0.6 is 11.3 Å². The molecule has 2 aromatic rings. The zero-order chi connectivity index (χ0) is 25.9. The first-order valence-electron chi connectivity index (χ1n) is 11.8. The Hall–Kier alpha value is -3.00. The number of nitro benzene ring substituents is 1. The van der Waals surface area contributed by atoms with Crippen LogP contribution in [0.4, 0.5) is 29.7 Å². The Bertz CT molecular complexity index is 1090. The molecular formula is C22H28F3N7O3S. The summed E-state index contributed by atoms with van der Waals surface area (Å²) in [5, 5.41) is 24.1. The Balaban J connectivity index is 1.20. The van der Waals surface area contributed by atoms with Crippen LogP contribution in [0.15, 0.2) is 18.2 Å². The smallest absolute Gasteiger partial charge is 0.380 e. The maximum atomic E-state index is 13.2. The number of hydrogen-bond acceptors (Lipinski definition) is 9. The van der Waals surface area contributed by atoms with Gasteiger partial charge in [0.2, 0.25) is 11.0 Å². The number of likely N-dealkylation sites (tertiary alicyclic amines) is 1. The van der Waals surface area contributed by atoms with Crippen LogP contribution in [0.2, 0.25) is 0 Å². The van der Waals surface area contributed by atoms with E-state index in [1.807, 2.05) is 6.92 Å². The van der Waals surface area contributed by atoms with Gasteiger partial charge in [0.25, 0.3) is 5.69 Å². The van der Waals surface area contributed by atoms with Crippen LogP contribution in [0.25, 0.3) is 0 Å². The maximum Gasteiger partial charge on any atom is 0.423 e. The minimum atomic E-state index is -4.83. The lowest BCUT2D eigenvalue weighted by Gasteiger charge is -2.34. The zero-order valence-electron chi connectivity index (χ0n) is 19.8. The van der Waals surface area contributed by atoms with E-state index in [2.05, 4.69) is 25.3 Å². The summed E-state index contributed by atoms with van der Waals surface area (Å²) >= 11 is 1.59. The number of carbonyl (C=O) groups is 1. The molecule has 4 rings (SSSR count). The van der Waals surface area contributed by atoms with Crippen molar-refractivity contribution in [3.8, 4) is 0 Å². The highest BCUT2D eigenvalue weighted by Gasteiger charge is 2.38. The van der Waals surface area contributed by atoms with Crippen molar-refractivity contribution >= 4 is 33.8 Å². The van der Waals surface area contributed by atoms with E-state index >= 15 is 0 Å². The van der Waals surface area contributed by atoms with Crippen molar-refractivity contribution in [3.63, 3.8) is 0 Å². The van der Waals surface area contributed by atoms with E-state index in [-0.39, 0.29) is 17.6 Å². The highest BCUT2D eigenvalue weighted by atomic mass is 32.1. The third-order valence-electron chi connectivity index (χ3n) is 6.43. The Morgan fingerprint density at radius 1 is 1.22 bits per heavy atom. The van der Waals surface area contributed by atoms with Crippen molar-refractivity contribution in [3.05, 3.63) is 38.9 Å². The van der Waals surface area contributed by atoms with Crippen LogP contribution in [0.5, 0.6) is 0 Å². The van der Waals surface area contributed by atoms with E-state index in [0.717, 1.165) is 61.4 Å². The minimum Gasteiger partial charge on any atom is -0.380 e. The number of anilines is 2. The number of amides is 1. The summed E-state index contributed by atoms with van der Waals surface area (Å²) in [6.45, 7) is 7.23. The Morgan fingerprint density at radius 3 is 2.61 bits per heavy atom. The predicted octanol–water partition coefficient (Wildman–Crippen LogP) is 3.39. The lowest BCUT2D eigenvalue weighted by molar-refractivity contribution is -0.388. The first-order valence-corrected chi connectivity index (χ1v) is 12.6. The number of halogens is 3. The molecule has 2 aliphatic rings. The van der Waals surface area contributed by atoms with Crippen LogP contribution in [0, 0.1) is 17.0 Å². The van der Waals surface area contributed by atoms with Crippen molar-refractivity contribution in [2.45, 2.75) is 38.4 Å². The lowest BCUT2D eigenvalue weighted by Crippen LogP contribution is -2.46. The molecule has 14 heteroatoms. The molecule has 0 radical (unpaired) electrons. The second-order valence-electron chi connectivity index (χ2n) is 8.99. The van der Waals surface area contributed by atoms with Crippen LogP contribution in [0.1, 0.15) is 29.8 Å². The number of rotatable bonds is 8. The lowest BCUT2D eigenvalue weighted by atomic mass is 10.1. The fraction of sp³-hybridized carbons (Fsp3) is 0.591. The summed E-state index contributed by atoms with van der Waals surface area (Å²) in [6.07, 6.45) is -3.08. The normalized spacial score (nSPS) is 19.1. The van der Waals surface area contributed by atoms with Crippen molar-refractivity contribution in [1.29, 1.82) is 0 Å². The number of alkyl halides is 3. The summed E-state index contributed by atoms with van der Waals surface area (Å²) < 4.78 is 39.7. The van der Waals surface area contributed by atoms with Crippen LogP contribution < -0.4 is 10.2 Å². The van der Waals surface area contributed by atoms with E-state index in [9.17, 15) is 28.1 Å². The monoisotopic (exact) mass is 527 g/mol. The number of nitrogens with zero attached hydrogens (tertiary/aromatic N) is 6. The molecule has 1 amide bonds. The van der Waals surface area contributed by atoms with Gasteiger partial charge in [-0.25, -0.2) is 0 Å². The topological polar surface area (TPSA) is 108 Å². The molecule has 10 nitrogen and oxygen atoms in total. The summed E-state index contributed by atoms with van der Waals surface area (Å²) in [5.41, 5.74) is -2.12. The average Bonchev–Trinajstić information content (AvgIpc) is 3.48. The Kier molecular flexibility index (Phi) is 7.93. The van der Waals surface area contributed by atoms with E-state index in [1.54, 1.807) is 16.2 Å². The predicted molar refractivity (Wildman–Crippen MR) is 129 cm³/mol. The van der Waals surface area contributed by atoms with Crippen LogP contribution in [0.3, 0.4) is 0 Å². The van der Waals surface area contributed by atoms with Crippen molar-refractivity contribution in [2.24, 2.45) is 0 Å². The average molecular weight is 528 g/mol. The fourth-order valence-corrected chi connectivity index (χ4v) is 5.28. The molecule has 0 unspecified atom stereocenters. The Morgan fingerprint density at radius 2 is 1.97 bits per heavy atom. The van der Waals surface area contributed by atoms with Gasteiger partial charge in [-0.15, -0.1) is 10.2 Å². The SMILES string of the molecule is Cc1nnc(N2CCN(CCCC(=O)N3CC[C@H](Nc4ccc([N+](=O)[O-])c(C(F)(F)F)c4)C3)CC2)s1. The van der Waals surface area contributed by atoms with Gasteiger partial charge < -0.3 is 15.1 Å². The number of nitro groups is 1. The van der Waals surface area contributed by atoms with Gasteiger partial charge in [0.1, 0.15) is 10.6 Å². The summed E-state index contributed by atoms with van der Waals surface area (Å²) in [6, 6.07) is 2.67. The first-order chi connectivity index (χ1) is 17.1. The second kappa shape index (κ2) is 10.9. The molecule has 0 spiro atoms. The van der Waals surface area contributed by atoms with Gasteiger partial charge in [0.15, 0.2) is 0 Å². The van der Waals surface area contributed by atoms with Gasteiger partial charge >= 0.3 is 6.18 Å². The minimum absolute atomic E-state index is 0.0296. The van der Waals surface area contributed by atoms with Gasteiger partial charge in [-0.1, -0.05) is 11.3 Å². The molecule has 1 atom stereocenters. The standard InChI is InChI=1S/C22H28F3N7O3S/c1-15-27-28-21(36-15)30-11-9-29(10-12-30)7-2-3-20(33)31-8-6-17(14-31)26-16-4-5-19(32(34)35)18(13-16)22(23,24)25/h4-5,13,17,26H,2-3,6-12,14H2,1H3/t17-/m0/s1. The number of benzene rings is 1. The fourth-order valence-electron chi connectivity index (χ4n) is 4.54. The molecule has 3 heterocycles. The number of carbonyl (C=O) groups excluding carboxylic acids is 1. The van der Waals surface area contributed by atoms with Crippen LogP contribution in [-0.2, 0) is 11.0 Å². The van der Waals surface area contributed by atoms with E-state index in [0.29, 0.717) is 25.9 Å². The summed E-state index contributed by atoms with van der Waals surface area (Å²) in [7, 11) is 0. The van der Waals surface area contributed by atoms with Gasteiger partial charge in [-0.2, -0.15) is 13.2 Å². The molecule has 0 bridgehead atoms. The molecule has 1 N–H and O–H groups in total. The van der Waals surface area contributed by atoms with Crippen LogP contribution in [-0.4, -0.2) is 82.7 Å². The summed E-state index contributed by atoms with van der Waals surface area (Å²) in [5.74, 6) is 0.0296. The molecule has 1 aromatic heterocycles. The molecule has 2 saturated heterocycles. The third-order valence-corrected chi connectivity index (χ3v) is 7.33. The number of nitrogens with one attached hydrogen (secondary N) is 1. The van der Waals surface area contributed by atoms with Gasteiger partial charge in [0.05, 0.1) is 4.92 Å². The number of piperazine rings is 1. The second-order valence-corrected chi connectivity index (χ2v) is 10.2. The van der Waals surface area contributed by atoms with E-state index in [1.165, 1.54) is 6.07 Å². The van der Waals surface area contributed by atoms with Gasteiger partial charge in [0, 0.05) is 63.5 Å². The molecular weight excluding hydrogens is 499 g/mol. The molecule has 0 saturated carbocycles.